The molecule has 0 radical (unpaired) electrons. The Bertz CT molecular complexity index is 612. The maximum absolute atomic E-state index is 11.9. The summed E-state index contributed by atoms with van der Waals surface area (Å²) in [7, 11) is -3.69. The van der Waals surface area contributed by atoms with Gasteiger partial charge in [-0.15, -0.1) is 16.4 Å². The lowest BCUT2D eigenvalue weighted by Gasteiger charge is -2.02. The van der Waals surface area contributed by atoms with Crippen LogP contribution in [-0.2, 0) is 16.4 Å². The minimum Gasteiger partial charge on any atom is -0.396 e. The predicted molar refractivity (Wildman–Crippen MR) is 65.7 cm³/mol. The van der Waals surface area contributed by atoms with Crippen molar-refractivity contribution >= 4 is 27.3 Å². The van der Waals surface area contributed by atoms with Gasteiger partial charge in [0.15, 0.2) is 0 Å². The van der Waals surface area contributed by atoms with Crippen molar-refractivity contribution < 1.29 is 13.5 Å². The number of anilines is 1. The molecule has 0 atom stereocenters. The van der Waals surface area contributed by atoms with E-state index in [9.17, 15) is 8.42 Å². The van der Waals surface area contributed by atoms with Gasteiger partial charge in [-0.1, -0.05) is 0 Å². The first-order valence-corrected chi connectivity index (χ1v) is 7.28. The Morgan fingerprint density at radius 2 is 2.17 bits per heavy atom. The Kier molecular flexibility index (Phi) is 3.84. The number of rotatable bonds is 5. The molecule has 2 aromatic heterocycles. The maximum atomic E-state index is 11.9. The van der Waals surface area contributed by atoms with Crippen LogP contribution in [0.5, 0.6) is 0 Å². The van der Waals surface area contributed by atoms with Crippen LogP contribution in [0.3, 0.4) is 0 Å². The topological polar surface area (TPSA) is 105 Å². The lowest BCUT2D eigenvalue weighted by atomic mass is 10.4. The molecule has 0 saturated carbocycles. The number of hydrogen-bond donors (Lipinski definition) is 2. The highest BCUT2D eigenvalue weighted by Crippen LogP contribution is 2.23. The fraction of sp³-hybridized carbons (Fsp3) is 0.222. The summed E-state index contributed by atoms with van der Waals surface area (Å²) in [6.07, 6.45) is 3.13. The molecule has 0 bridgehead atoms. The number of aliphatic hydroxyl groups is 1. The van der Waals surface area contributed by atoms with Crippen LogP contribution < -0.4 is 4.72 Å². The zero-order valence-electron chi connectivity index (χ0n) is 9.15. The van der Waals surface area contributed by atoms with Gasteiger partial charge in [0.2, 0.25) is 0 Å². The lowest BCUT2D eigenvalue weighted by molar-refractivity contribution is 0.300. The standard InChI is InChI=1S/C9H10N4O3S2/c14-6-3-7-1-2-8(17-7)18(15,16)13-9-10-4-5-11-12-9/h1-2,4-5,14H,3,6H2,(H,10,12,13). The summed E-state index contributed by atoms with van der Waals surface area (Å²) in [5, 5.41) is 15.9. The first kappa shape index (κ1) is 12.9. The van der Waals surface area contributed by atoms with Gasteiger partial charge in [-0.25, -0.2) is 18.1 Å². The number of sulfonamides is 1. The lowest BCUT2D eigenvalue weighted by Crippen LogP contribution is -2.14. The SMILES string of the molecule is O=S(=O)(Nc1nccnn1)c1ccc(CCO)s1. The van der Waals surface area contributed by atoms with Crippen molar-refractivity contribution in [3.05, 3.63) is 29.4 Å². The van der Waals surface area contributed by atoms with E-state index in [2.05, 4.69) is 19.9 Å². The number of aliphatic hydroxyl groups excluding tert-OH is 1. The summed E-state index contributed by atoms with van der Waals surface area (Å²) in [5.41, 5.74) is 0. The average molecular weight is 286 g/mol. The number of aromatic nitrogens is 3. The van der Waals surface area contributed by atoms with E-state index in [1.54, 1.807) is 6.07 Å². The Morgan fingerprint density at radius 3 is 2.83 bits per heavy atom. The van der Waals surface area contributed by atoms with E-state index < -0.39 is 10.0 Å². The van der Waals surface area contributed by atoms with Crippen molar-refractivity contribution in [2.24, 2.45) is 0 Å². The smallest absolute Gasteiger partial charge is 0.273 e. The molecular weight excluding hydrogens is 276 g/mol. The van der Waals surface area contributed by atoms with Gasteiger partial charge in [-0.2, -0.15) is 5.10 Å². The zero-order chi connectivity index (χ0) is 13.0. The Balaban J connectivity index is 2.20. The number of nitrogens with zero attached hydrogens (tertiary/aromatic N) is 3. The molecule has 0 aromatic carbocycles. The van der Waals surface area contributed by atoms with Crippen LogP contribution in [0.2, 0.25) is 0 Å². The fourth-order valence-electron chi connectivity index (χ4n) is 1.21. The second-order valence-electron chi connectivity index (χ2n) is 3.27. The van der Waals surface area contributed by atoms with Gasteiger partial charge < -0.3 is 5.11 Å². The van der Waals surface area contributed by atoms with Crippen molar-refractivity contribution in [3.8, 4) is 0 Å². The quantitative estimate of drug-likeness (QED) is 0.817. The van der Waals surface area contributed by atoms with Crippen LogP contribution >= 0.6 is 11.3 Å². The minimum absolute atomic E-state index is 0.0147. The molecule has 2 heterocycles. The highest BCUT2D eigenvalue weighted by atomic mass is 32.2. The van der Waals surface area contributed by atoms with E-state index in [1.807, 2.05) is 0 Å². The van der Waals surface area contributed by atoms with Crippen LogP contribution in [0.4, 0.5) is 5.95 Å². The monoisotopic (exact) mass is 286 g/mol. The van der Waals surface area contributed by atoms with Crippen molar-refractivity contribution in [2.75, 3.05) is 11.3 Å². The van der Waals surface area contributed by atoms with Crippen LogP contribution in [-0.4, -0.2) is 35.3 Å². The summed E-state index contributed by atoms with van der Waals surface area (Å²) in [4.78, 5) is 4.53. The van der Waals surface area contributed by atoms with Gasteiger partial charge in [-0.05, 0) is 12.1 Å². The third-order valence-electron chi connectivity index (χ3n) is 1.97. The van der Waals surface area contributed by atoms with Crippen molar-refractivity contribution in [1.82, 2.24) is 15.2 Å². The second-order valence-corrected chi connectivity index (χ2v) is 6.34. The van der Waals surface area contributed by atoms with Crippen LogP contribution in [0.15, 0.2) is 28.7 Å². The summed E-state index contributed by atoms with van der Waals surface area (Å²) in [5.74, 6) is -0.0744. The molecular formula is C9H10N4O3S2. The molecule has 96 valence electrons. The van der Waals surface area contributed by atoms with Gasteiger partial charge in [0.1, 0.15) is 4.21 Å². The highest BCUT2D eigenvalue weighted by molar-refractivity contribution is 7.94. The van der Waals surface area contributed by atoms with Gasteiger partial charge in [0.05, 0.1) is 12.4 Å². The van der Waals surface area contributed by atoms with Crippen LogP contribution in [0.1, 0.15) is 4.88 Å². The van der Waals surface area contributed by atoms with E-state index in [0.717, 1.165) is 16.2 Å². The minimum atomic E-state index is -3.69. The first-order chi connectivity index (χ1) is 8.62. The van der Waals surface area contributed by atoms with E-state index in [1.165, 1.54) is 18.5 Å². The molecule has 0 aliphatic heterocycles. The fourth-order valence-corrected chi connectivity index (χ4v) is 3.50. The maximum Gasteiger partial charge on any atom is 0.273 e. The summed E-state index contributed by atoms with van der Waals surface area (Å²) < 4.78 is 26.3. The highest BCUT2D eigenvalue weighted by Gasteiger charge is 2.18. The molecule has 9 heteroatoms. The summed E-state index contributed by atoms with van der Waals surface area (Å²) >= 11 is 1.10. The predicted octanol–water partition coefficient (Wildman–Crippen LogP) is 0.269. The molecule has 2 N–H and O–H groups in total. The van der Waals surface area contributed by atoms with Crippen molar-refractivity contribution in [1.29, 1.82) is 0 Å². The molecule has 18 heavy (non-hydrogen) atoms. The molecule has 2 aromatic rings. The number of hydrogen-bond acceptors (Lipinski definition) is 7. The molecule has 0 aliphatic carbocycles. The largest absolute Gasteiger partial charge is 0.396 e. The third-order valence-corrected chi connectivity index (χ3v) is 4.93. The normalized spacial score (nSPS) is 11.4. The van der Waals surface area contributed by atoms with E-state index in [-0.39, 0.29) is 16.8 Å². The summed E-state index contributed by atoms with van der Waals surface area (Å²) in [6, 6.07) is 3.15. The number of thiophene rings is 1. The van der Waals surface area contributed by atoms with Crippen LogP contribution in [0, 0.1) is 0 Å². The van der Waals surface area contributed by atoms with Crippen molar-refractivity contribution in [3.63, 3.8) is 0 Å². The van der Waals surface area contributed by atoms with Gasteiger partial charge >= 0.3 is 0 Å². The van der Waals surface area contributed by atoms with Gasteiger partial charge in [-0.3, -0.25) is 0 Å². The number of nitrogens with one attached hydrogen (secondary N) is 1. The molecule has 0 saturated heterocycles. The Labute approximate surface area is 108 Å². The molecule has 0 amide bonds. The van der Waals surface area contributed by atoms with E-state index >= 15 is 0 Å². The van der Waals surface area contributed by atoms with Gasteiger partial charge in [0.25, 0.3) is 16.0 Å². The van der Waals surface area contributed by atoms with Crippen LogP contribution in [0.25, 0.3) is 0 Å². The van der Waals surface area contributed by atoms with Crippen molar-refractivity contribution in [2.45, 2.75) is 10.6 Å². The molecule has 0 spiro atoms. The molecule has 2 rings (SSSR count). The molecule has 7 nitrogen and oxygen atoms in total. The molecule has 0 fully saturated rings. The second kappa shape index (κ2) is 5.38. The average Bonchev–Trinajstić information content (AvgIpc) is 2.80. The van der Waals surface area contributed by atoms with Gasteiger partial charge in [0, 0.05) is 17.9 Å². The van der Waals surface area contributed by atoms with E-state index in [4.69, 9.17) is 5.11 Å². The first-order valence-electron chi connectivity index (χ1n) is 4.98. The molecule has 0 unspecified atom stereocenters. The molecule has 0 aliphatic rings. The Hall–Kier alpha value is -1.58. The Morgan fingerprint density at radius 1 is 1.33 bits per heavy atom. The van der Waals surface area contributed by atoms with E-state index in [0.29, 0.717) is 6.42 Å². The zero-order valence-corrected chi connectivity index (χ0v) is 10.8. The third kappa shape index (κ3) is 3.00. The summed E-state index contributed by atoms with van der Waals surface area (Å²) in [6.45, 7) is -0.0147.